The molecule has 1 aromatic carbocycles. The summed E-state index contributed by atoms with van der Waals surface area (Å²) in [5.74, 6) is 0.487. The van der Waals surface area contributed by atoms with E-state index in [2.05, 4.69) is 24.7 Å². The molecule has 1 fully saturated rings. The number of nitrogens with one attached hydrogen (secondary N) is 2. The quantitative estimate of drug-likeness (QED) is 0.900. The fraction of sp³-hybridized carbons (Fsp3) is 0.611. The average molecular weight is 319 g/mol. The molecule has 126 valence electrons. The van der Waals surface area contributed by atoms with Gasteiger partial charge in [0.05, 0.1) is 6.04 Å². The zero-order valence-electron chi connectivity index (χ0n) is 14.1. The van der Waals surface area contributed by atoms with Crippen molar-refractivity contribution in [3.8, 4) is 0 Å². The largest absolute Gasteiger partial charge is 0.334 e. The maximum absolute atomic E-state index is 13.5. The Kier molecular flexibility index (Phi) is 4.69. The minimum atomic E-state index is -0.234. The molecule has 2 aliphatic rings. The second-order valence-electron chi connectivity index (χ2n) is 7.20. The van der Waals surface area contributed by atoms with Crippen molar-refractivity contribution in [1.82, 2.24) is 15.8 Å². The molecule has 3 rings (SSSR count). The number of benzene rings is 1. The Labute approximate surface area is 137 Å². The number of rotatable bonds is 3. The summed E-state index contributed by atoms with van der Waals surface area (Å²) in [6.07, 6.45) is 2.66. The number of amides is 1. The lowest BCUT2D eigenvalue weighted by molar-refractivity contribution is -0.135. The van der Waals surface area contributed by atoms with Crippen molar-refractivity contribution in [1.29, 1.82) is 0 Å². The normalized spacial score (nSPS) is 27.3. The first kappa shape index (κ1) is 16.4. The van der Waals surface area contributed by atoms with Gasteiger partial charge in [-0.3, -0.25) is 10.2 Å². The van der Waals surface area contributed by atoms with Crippen molar-refractivity contribution >= 4 is 5.91 Å². The van der Waals surface area contributed by atoms with E-state index in [1.807, 2.05) is 17.9 Å². The first-order chi connectivity index (χ1) is 11.0. The number of hydrogen-bond donors (Lipinski definition) is 2. The summed E-state index contributed by atoms with van der Waals surface area (Å²) in [5.41, 5.74) is 8.48. The third-order valence-electron chi connectivity index (χ3n) is 4.97. The van der Waals surface area contributed by atoms with Gasteiger partial charge in [0.2, 0.25) is 5.91 Å². The Balaban J connectivity index is 1.69. The van der Waals surface area contributed by atoms with E-state index in [1.165, 1.54) is 6.07 Å². The highest BCUT2D eigenvalue weighted by atomic mass is 19.1. The van der Waals surface area contributed by atoms with Crippen LogP contribution >= 0.6 is 0 Å². The zero-order valence-corrected chi connectivity index (χ0v) is 14.1. The molecule has 4 nitrogen and oxygen atoms in total. The molecule has 2 heterocycles. The van der Waals surface area contributed by atoms with Crippen LogP contribution in [-0.4, -0.2) is 29.4 Å². The van der Waals surface area contributed by atoms with Gasteiger partial charge < -0.3 is 4.90 Å². The molecule has 0 aliphatic carbocycles. The topological polar surface area (TPSA) is 44.4 Å². The lowest BCUT2D eigenvalue weighted by Crippen LogP contribution is -2.48. The van der Waals surface area contributed by atoms with Gasteiger partial charge in [0.15, 0.2) is 0 Å². The molecular formula is C18H26FN3O. The van der Waals surface area contributed by atoms with E-state index in [-0.39, 0.29) is 23.8 Å². The molecule has 23 heavy (non-hydrogen) atoms. The van der Waals surface area contributed by atoms with Gasteiger partial charge in [0.25, 0.3) is 0 Å². The monoisotopic (exact) mass is 319 g/mol. The fourth-order valence-corrected chi connectivity index (χ4v) is 3.79. The molecule has 5 heteroatoms. The number of nitrogens with zero attached hydrogens (tertiary/aromatic N) is 1. The number of halogens is 1. The minimum absolute atomic E-state index is 0.0760. The Morgan fingerprint density at radius 3 is 2.91 bits per heavy atom. The summed E-state index contributed by atoms with van der Waals surface area (Å²) in [6, 6.07) is 5.00. The third-order valence-corrected chi connectivity index (χ3v) is 4.97. The maximum atomic E-state index is 13.5. The fourth-order valence-electron chi connectivity index (χ4n) is 3.79. The Morgan fingerprint density at radius 1 is 1.39 bits per heavy atom. The number of fused-ring (bicyclic) bond motifs is 1. The van der Waals surface area contributed by atoms with Gasteiger partial charge in [-0.25, -0.2) is 9.82 Å². The van der Waals surface area contributed by atoms with Crippen LogP contribution in [0.1, 0.15) is 50.8 Å². The molecule has 2 aliphatic heterocycles. The molecule has 3 unspecified atom stereocenters. The minimum Gasteiger partial charge on any atom is -0.334 e. The van der Waals surface area contributed by atoms with Gasteiger partial charge in [-0.2, -0.15) is 0 Å². The van der Waals surface area contributed by atoms with Crippen LogP contribution in [0.15, 0.2) is 18.2 Å². The van der Waals surface area contributed by atoms with Crippen LogP contribution in [0, 0.1) is 11.7 Å². The highest BCUT2D eigenvalue weighted by Crippen LogP contribution is 2.31. The number of carbonyl (C=O) groups excluding carboxylic acids is 1. The van der Waals surface area contributed by atoms with Gasteiger partial charge in [-0.1, -0.05) is 19.9 Å². The molecule has 0 aromatic heterocycles. The molecule has 0 radical (unpaired) electrons. The summed E-state index contributed by atoms with van der Waals surface area (Å²) in [5, 5.41) is 0. The first-order valence-corrected chi connectivity index (χ1v) is 8.55. The van der Waals surface area contributed by atoms with Crippen molar-refractivity contribution in [2.75, 3.05) is 6.54 Å². The van der Waals surface area contributed by atoms with E-state index in [9.17, 15) is 9.18 Å². The Bertz CT molecular complexity index is 590. The van der Waals surface area contributed by atoms with Crippen molar-refractivity contribution in [3.63, 3.8) is 0 Å². The first-order valence-electron chi connectivity index (χ1n) is 8.55. The van der Waals surface area contributed by atoms with Crippen molar-refractivity contribution in [2.24, 2.45) is 5.92 Å². The summed E-state index contributed by atoms with van der Waals surface area (Å²) in [4.78, 5) is 14.8. The van der Waals surface area contributed by atoms with Crippen LogP contribution in [0.2, 0.25) is 0 Å². The van der Waals surface area contributed by atoms with E-state index in [0.29, 0.717) is 18.5 Å². The SMILES string of the molecule is CC(C)CC1CC(C(=O)N2CCc3ccc(F)cc3C2C)NN1. The molecule has 2 N–H and O–H groups in total. The van der Waals surface area contributed by atoms with Crippen LogP contribution in [0.25, 0.3) is 0 Å². The maximum Gasteiger partial charge on any atom is 0.241 e. The van der Waals surface area contributed by atoms with Crippen molar-refractivity contribution in [3.05, 3.63) is 35.1 Å². The predicted molar refractivity (Wildman–Crippen MR) is 88.2 cm³/mol. The van der Waals surface area contributed by atoms with Gasteiger partial charge in [0, 0.05) is 12.6 Å². The van der Waals surface area contributed by atoms with Crippen LogP contribution in [-0.2, 0) is 11.2 Å². The summed E-state index contributed by atoms with van der Waals surface area (Å²) < 4.78 is 13.5. The predicted octanol–water partition coefficient (Wildman–Crippen LogP) is 2.55. The second-order valence-corrected chi connectivity index (χ2v) is 7.20. The molecule has 0 spiro atoms. The van der Waals surface area contributed by atoms with Crippen LogP contribution in [0.5, 0.6) is 0 Å². The van der Waals surface area contributed by atoms with Crippen molar-refractivity contribution < 1.29 is 9.18 Å². The van der Waals surface area contributed by atoms with E-state index in [1.54, 1.807) is 6.07 Å². The lowest BCUT2D eigenvalue weighted by atomic mass is 9.92. The van der Waals surface area contributed by atoms with E-state index >= 15 is 0 Å². The molecule has 1 amide bonds. The van der Waals surface area contributed by atoms with Gasteiger partial charge >= 0.3 is 0 Å². The van der Waals surface area contributed by atoms with Gasteiger partial charge in [-0.15, -0.1) is 0 Å². The van der Waals surface area contributed by atoms with E-state index in [4.69, 9.17) is 0 Å². The van der Waals surface area contributed by atoms with E-state index in [0.717, 1.165) is 30.4 Å². The van der Waals surface area contributed by atoms with Crippen LogP contribution in [0.3, 0.4) is 0 Å². The molecule has 0 saturated carbocycles. The second kappa shape index (κ2) is 6.57. The number of carbonyl (C=O) groups is 1. The van der Waals surface area contributed by atoms with E-state index < -0.39 is 0 Å². The molecular weight excluding hydrogens is 293 g/mol. The summed E-state index contributed by atoms with van der Waals surface area (Å²) in [6.45, 7) is 7.07. The van der Waals surface area contributed by atoms with Crippen LogP contribution < -0.4 is 10.9 Å². The summed E-state index contributed by atoms with van der Waals surface area (Å²) in [7, 11) is 0. The lowest BCUT2D eigenvalue weighted by Gasteiger charge is -2.36. The van der Waals surface area contributed by atoms with Crippen molar-refractivity contribution in [2.45, 2.75) is 58.2 Å². The van der Waals surface area contributed by atoms with Crippen LogP contribution in [0.4, 0.5) is 4.39 Å². The number of hydrogen-bond acceptors (Lipinski definition) is 3. The molecule has 3 atom stereocenters. The highest BCUT2D eigenvalue weighted by molar-refractivity contribution is 5.83. The molecule has 1 saturated heterocycles. The average Bonchev–Trinajstić information content (AvgIpc) is 2.95. The molecule has 1 aromatic rings. The summed E-state index contributed by atoms with van der Waals surface area (Å²) >= 11 is 0. The zero-order chi connectivity index (χ0) is 16.6. The number of hydrazine groups is 1. The molecule has 0 bridgehead atoms. The van der Waals surface area contributed by atoms with Gasteiger partial charge in [-0.05, 0) is 55.4 Å². The highest BCUT2D eigenvalue weighted by Gasteiger charge is 2.36. The van der Waals surface area contributed by atoms with Gasteiger partial charge in [0.1, 0.15) is 11.9 Å². The standard InChI is InChI=1S/C18H26FN3O/c1-11(2)8-15-10-17(21-20-15)18(23)22-7-6-13-4-5-14(19)9-16(13)12(22)3/h4-5,9,11-12,15,17,20-21H,6-8,10H2,1-3H3. The third kappa shape index (κ3) is 3.40. The Hall–Kier alpha value is -1.46. The Morgan fingerprint density at radius 2 is 2.17 bits per heavy atom. The smallest absolute Gasteiger partial charge is 0.241 e.